The van der Waals surface area contributed by atoms with Gasteiger partial charge in [0.2, 0.25) is 0 Å². The van der Waals surface area contributed by atoms with Gasteiger partial charge in [-0.2, -0.15) is 0 Å². The summed E-state index contributed by atoms with van der Waals surface area (Å²) in [6.07, 6.45) is 0.998. The van der Waals surface area contributed by atoms with E-state index in [1.165, 1.54) is 36.9 Å². The Morgan fingerprint density at radius 1 is 0.810 bits per heavy atom. The molecule has 0 aliphatic heterocycles. The Hall–Kier alpha value is -2.12. The van der Waals surface area contributed by atoms with Crippen molar-refractivity contribution in [3.63, 3.8) is 0 Å². The van der Waals surface area contributed by atoms with Gasteiger partial charge in [0.25, 0.3) is 0 Å². The number of hydrogen-bond acceptors (Lipinski definition) is 1. The fraction of sp³-hybridized carbons (Fsp3) is 0.100. The van der Waals surface area contributed by atoms with Crippen molar-refractivity contribution >= 4 is 31.5 Å². The third-order valence-electron chi connectivity index (χ3n) is 3.98. The van der Waals surface area contributed by atoms with Gasteiger partial charge in [-0.1, -0.05) is 54.6 Å². The van der Waals surface area contributed by atoms with Crippen molar-refractivity contribution in [2.24, 2.45) is 0 Å². The van der Waals surface area contributed by atoms with Crippen molar-refractivity contribution < 1.29 is 0 Å². The molecular formula is C20H16S. The largest absolute Gasteiger partial charge is 0.135 e. The molecule has 0 bridgehead atoms. The summed E-state index contributed by atoms with van der Waals surface area (Å²) in [5.41, 5.74) is 4.13. The monoisotopic (exact) mass is 288 g/mol. The molecule has 0 atom stereocenters. The second-order valence-electron chi connectivity index (χ2n) is 5.55. The van der Waals surface area contributed by atoms with Gasteiger partial charge < -0.3 is 0 Å². The average molecular weight is 288 g/mol. The summed E-state index contributed by atoms with van der Waals surface area (Å²) in [4.78, 5) is 0. The van der Waals surface area contributed by atoms with Crippen LogP contribution in [0.2, 0.25) is 0 Å². The maximum atomic E-state index is 2.30. The zero-order valence-corrected chi connectivity index (χ0v) is 12.8. The Morgan fingerprint density at radius 2 is 1.67 bits per heavy atom. The van der Waals surface area contributed by atoms with E-state index in [2.05, 4.69) is 73.7 Å². The Kier molecular flexibility index (Phi) is 3.01. The molecule has 0 radical (unpaired) electrons. The quantitative estimate of drug-likeness (QED) is 0.427. The molecule has 0 aliphatic rings. The third kappa shape index (κ3) is 2.24. The SMILES string of the molecule is Cc1ccc2c(c1)sc1cccc(Cc3ccccc3)c12. The van der Waals surface area contributed by atoms with Crippen molar-refractivity contribution in [1.29, 1.82) is 0 Å². The van der Waals surface area contributed by atoms with Crippen LogP contribution in [0.15, 0.2) is 66.7 Å². The summed E-state index contributed by atoms with van der Waals surface area (Å²) in [6.45, 7) is 2.16. The van der Waals surface area contributed by atoms with E-state index in [4.69, 9.17) is 0 Å². The molecule has 21 heavy (non-hydrogen) atoms. The molecule has 4 aromatic rings. The van der Waals surface area contributed by atoms with Crippen LogP contribution in [0, 0.1) is 6.92 Å². The Morgan fingerprint density at radius 3 is 2.52 bits per heavy atom. The van der Waals surface area contributed by atoms with E-state index >= 15 is 0 Å². The highest BCUT2D eigenvalue weighted by molar-refractivity contribution is 7.25. The first-order valence-corrected chi connectivity index (χ1v) is 8.07. The van der Waals surface area contributed by atoms with E-state index in [-0.39, 0.29) is 0 Å². The van der Waals surface area contributed by atoms with Gasteiger partial charge in [-0.3, -0.25) is 0 Å². The molecule has 4 rings (SSSR count). The molecule has 1 heteroatoms. The number of benzene rings is 3. The predicted molar refractivity (Wildman–Crippen MR) is 93.3 cm³/mol. The van der Waals surface area contributed by atoms with Gasteiger partial charge in [-0.15, -0.1) is 11.3 Å². The zero-order chi connectivity index (χ0) is 14.2. The fourth-order valence-corrected chi connectivity index (χ4v) is 4.22. The molecular weight excluding hydrogens is 272 g/mol. The molecule has 0 N–H and O–H groups in total. The van der Waals surface area contributed by atoms with Crippen molar-refractivity contribution in [1.82, 2.24) is 0 Å². The molecule has 0 amide bonds. The molecule has 0 unspecified atom stereocenters. The first-order valence-electron chi connectivity index (χ1n) is 7.26. The van der Waals surface area contributed by atoms with Crippen molar-refractivity contribution in [2.75, 3.05) is 0 Å². The van der Waals surface area contributed by atoms with Crippen LogP contribution in [0.5, 0.6) is 0 Å². The lowest BCUT2D eigenvalue weighted by molar-refractivity contribution is 1.22. The standard InChI is InChI=1S/C20H16S/c1-14-10-11-17-19(12-14)21-18-9-5-8-16(20(17)18)13-15-6-3-2-4-7-15/h2-12H,13H2,1H3. The van der Waals surface area contributed by atoms with E-state index < -0.39 is 0 Å². The molecule has 0 saturated heterocycles. The highest BCUT2D eigenvalue weighted by atomic mass is 32.1. The highest BCUT2D eigenvalue weighted by Crippen LogP contribution is 2.37. The minimum atomic E-state index is 0.998. The number of aryl methyl sites for hydroxylation is 1. The molecule has 0 saturated carbocycles. The maximum Gasteiger partial charge on any atom is 0.0358 e. The van der Waals surface area contributed by atoms with Gasteiger partial charge in [0.05, 0.1) is 0 Å². The molecule has 0 fully saturated rings. The fourth-order valence-electron chi connectivity index (χ4n) is 2.97. The summed E-state index contributed by atoms with van der Waals surface area (Å²) in [5, 5.41) is 2.83. The summed E-state index contributed by atoms with van der Waals surface area (Å²) in [6, 6.07) is 24.2. The van der Waals surface area contributed by atoms with Crippen LogP contribution in [0.1, 0.15) is 16.7 Å². The highest BCUT2D eigenvalue weighted by Gasteiger charge is 2.09. The summed E-state index contributed by atoms with van der Waals surface area (Å²) in [5.74, 6) is 0. The normalized spacial score (nSPS) is 11.3. The van der Waals surface area contributed by atoms with Crippen LogP contribution in [0.25, 0.3) is 20.2 Å². The lowest BCUT2D eigenvalue weighted by atomic mass is 9.99. The van der Waals surface area contributed by atoms with Crippen molar-refractivity contribution in [3.8, 4) is 0 Å². The summed E-state index contributed by atoms with van der Waals surface area (Å²) >= 11 is 1.90. The maximum absolute atomic E-state index is 2.30. The van der Waals surface area contributed by atoms with E-state index in [0.29, 0.717) is 0 Å². The number of thiophene rings is 1. The summed E-state index contributed by atoms with van der Waals surface area (Å²) < 4.78 is 2.79. The topological polar surface area (TPSA) is 0 Å². The molecule has 0 spiro atoms. The van der Waals surface area contributed by atoms with Crippen LogP contribution in [0.3, 0.4) is 0 Å². The number of hydrogen-bond donors (Lipinski definition) is 0. The molecule has 0 nitrogen and oxygen atoms in total. The number of fused-ring (bicyclic) bond motifs is 3. The third-order valence-corrected chi connectivity index (χ3v) is 5.09. The van der Waals surface area contributed by atoms with Crippen molar-refractivity contribution in [2.45, 2.75) is 13.3 Å². The van der Waals surface area contributed by atoms with E-state index in [1.807, 2.05) is 11.3 Å². The zero-order valence-electron chi connectivity index (χ0n) is 12.0. The smallest absolute Gasteiger partial charge is 0.0358 e. The lowest BCUT2D eigenvalue weighted by Crippen LogP contribution is -1.88. The van der Waals surface area contributed by atoms with Gasteiger partial charge >= 0.3 is 0 Å². The van der Waals surface area contributed by atoms with Gasteiger partial charge in [-0.05, 0) is 42.2 Å². The van der Waals surface area contributed by atoms with Gasteiger partial charge in [-0.25, -0.2) is 0 Å². The second kappa shape index (κ2) is 5.01. The average Bonchev–Trinajstić information content (AvgIpc) is 2.86. The van der Waals surface area contributed by atoms with E-state index in [0.717, 1.165) is 6.42 Å². The van der Waals surface area contributed by atoms with E-state index in [1.54, 1.807) is 0 Å². The van der Waals surface area contributed by atoms with Gasteiger partial charge in [0.15, 0.2) is 0 Å². The first kappa shape index (κ1) is 12.6. The van der Waals surface area contributed by atoms with Gasteiger partial charge in [0.1, 0.15) is 0 Å². The van der Waals surface area contributed by atoms with Crippen LogP contribution in [-0.4, -0.2) is 0 Å². The van der Waals surface area contributed by atoms with Crippen LogP contribution in [0.4, 0.5) is 0 Å². The van der Waals surface area contributed by atoms with Crippen LogP contribution in [-0.2, 0) is 6.42 Å². The van der Waals surface area contributed by atoms with Crippen LogP contribution < -0.4 is 0 Å². The molecule has 3 aromatic carbocycles. The minimum Gasteiger partial charge on any atom is -0.135 e. The Bertz CT molecular complexity index is 917. The molecule has 0 aliphatic carbocycles. The lowest BCUT2D eigenvalue weighted by Gasteiger charge is -2.05. The molecule has 102 valence electrons. The molecule has 1 aromatic heterocycles. The predicted octanol–water partition coefficient (Wildman–Crippen LogP) is 5.95. The van der Waals surface area contributed by atoms with E-state index in [9.17, 15) is 0 Å². The Labute approximate surface area is 128 Å². The summed E-state index contributed by atoms with van der Waals surface area (Å²) in [7, 11) is 0. The molecule has 1 heterocycles. The first-order chi connectivity index (χ1) is 10.3. The van der Waals surface area contributed by atoms with Crippen LogP contribution >= 0.6 is 11.3 Å². The Balaban J connectivity index is 1.94. The van der Waals surface area contributed by atoms with Crippen molar-refractivity contribution in [3.05, 3.63) is 83.4 Å². The second-order valence-corrected chi connectivity index (χ2v) is 6.64. The minimum absolute atomic E-state index is 0.998. The number of rotatable bonds is 2. The van der Waals surface area contributed by atoms with Gasteiger partial charge in [0, 0.05) is 20.2 Å².